The molecule has 2 rings (SSSR count). The first kappa shape index (κ1) is 14.6. The lowest BCUT2D eigenvalue weighted by Gasteiger charge is -2.23. The average Bonchev–Trinajstić information content (AvgIpc) is 2.80. The number of carbonyl (C=O) groups is 2. The second kappa shape index (κ2) is 5.65. The number of amides is 2. The van der Waals surface area contributed by atoms with Crippen LogP contribution >= 0.6 is 0 Å². The van der Waals surface area contributed by atoms with Crippen molar-refractivity contribution in [3.8, 4) is 0 Å². The highest BCUT2D eigenvalue weighted by atomic mass is 16.2. The predicted octanol–water partition coefficient (Wildman–Crippen LogP) is 2.28. The van der Waals surface area contributed by atoms with Gasteiger partial charge in [0.15, 0.2) is 0 Å². The number of aryl methyl sites for hydroxylation is 2. The van der Waals surface area contributed by atoms with Gasteiger partial charge < -0.3 is 10.6 Å². The lowest BCUT2D eigenvalue weighted by molar-refractivity contribution is -0.126. The molecule has 1 saturated heterocycles. The third-order valence-corrected chi connectivity index (χ3v) is 4.01. The van der Waals surface area contributed by atoms with Crippen molar-refractivity contribution in [3.63, 3.8) is 0 Å². The van der Waals surface area contributed by atoms with Crippen molar-refractivity contribution in [1.29, 1.82) is 0 Å². The summed E-state index contributed by atoms with van der Waals surface area (Å²) in [5, 5.41) is 5.79. The van der Waals surface area contributed by atoms with Gasteiger partial charge in [-0.2, -0.15) is 0 Å². The standard InChI is InChI=1S/C16H22N2O2/c1-4-11-7-6-8-12(5-2)14(11)18-15(20)16(3)9-13(19)17-10-16/h6-8H,4-5,9-10H2,1-3H3,(H,17,19)(H,18,20). The molecule has 0 aliphatic carbocycles. The molecular weight excluding hydrogens is 252 g/mol. The second-order valence-electron chi connectivity index (χ2n) is 5.63. The molecule has 20 heavy (non-hydrogen) atoms. The Hall–Kier alpha value is -1.84. The molecule has 1 aliphatic heterocycles. The van der Waals surface area contributed by atoms with Crippen molar-refractivity contribution in [2.75, 3.05) is 11.9 Å². The fourth-order valence-electron chi connectivity index (χ4n) is 2.60. The Balaban J connectivity index is 2.25. The zero-order valence-electron chi connectivity index (χ0n) is 12.4. The molecule has 1 heterocycles. The smallest absolute Gasteiger partial charge is 0.232 e. The van der Waals surface area contributed by atoms with E-state index in [2.05, 4.69) is 24.5 Å². The van der Waals surface area contributed by atoms with Crippen LogP contribution in [0.15, 0.2) is 18.2 Å². The average molecular weight is 274 g/mol. The van der Waals surface area contributed by atoms with Crippen LogP contribution in [0.4, 0.5) is 5.69 Å². The van der Waals surface area contributed by atoms with Gasteiger partial charge >= 0.3 is 0 Å². The maximum absolute atomic E-state index is 12.5. The van der Waals surface area contributed by atoms with E-state index in [4.69, 9.17) is 0 Å². The van der Waals surface area contributed by atoms with Crippen LogP contribution in [0.3, 0.4) is 0 Å². The summed E-state index contributed by atoms with van der Waals surface area (Å²) >= 11 is 0. The fourth-order valence-corrected chi connectivity index (χ4v) is 2.60. The summed E-state index contributed by atoms with van der Waals surface area (Å²) in [4.78, 5) is 23.9. The minimum absolute atomic E-state index is 0.0536. The van der Waals surface area contributed by atoms with Gasteiger partial charge in [-0.1, -0.05) is 32.0 Å². The summed E-state index contributed by atoms with van der Waals surface area (Å²) in [6.45, 7) is 6.40. The first-order valence-electron chi connectivity index (χ1n) is 7.19. The number of hydrogen-bond donors (Lipinski definition) is 2. The van der Waals surface area contributed by atoms with Crippen LogP contribution in [0.1, 0.15) is 38.3 Å². The van der Waals surface area contributed by atoms with Crippen molar-refractivity contribution < 1.29 is 9.59 Å². The largest absolute Gasteiger partial charge is 0.355 e. The lowest BCUT2D eigenvalue weighted by Crippen LogP contribution is -2.35. The van der Waals surface area contributed by atoms with E-state index in [1.165, 1.54) is 0 Å². The monoisotopic (exact) mass is 274 g/mol. The second-order valence-corrected chi connectivity index (χ2v) is 5.63. The van der Waals surface area contributed by atoms with Gasteiger partial charge in [0, 0.05) is 18.7 Å². The summed E-state index contributed by atoms with van der Waals surface area (Å²) in [5.41, 5.74) is 2.54. The van der Waals surface area contributed by atoms with Gasteiger partial charge in [-0.3, -0.25) is 9.59 Å². The van der Waals surface area contributed by atoms with E-state index >= 15 is 0 Å². The van der Waals surface area contributed by atoms with Gasteiger partial charge in [0.2, 0.25) is 11.8 Å². The summed E-state index contributed by atoms with van der Waals surface area (Å²) in [7, 11) is 0. The Kier molecular flexibility index (Phi) is 4.12. The molecule has 1 aromatic rings. The molecule has 0 saturated carbocycles. The van der Waals surface area contributed by atoms with Crippen LogP contribution < -0.4 is 10.6 Å². The minimum atomic E-state index is -0.650. The summed E-state index contributed by atoms with van der Waals surface area (Å²) < 4.78 is 0. The molecule has 0 bridgehead atoms. The molecule has 0 spiro atoms. The van der Waals surface area contributed by atoms with E-state index < -0.39 is 5.41 Å². The molecule has 1 atom stereocenters. The third-order valence-electron chi connectivity index (χ3n) is 4.01. The highest BCUT2D eigenvalue weighted by Crippen LogP contribution is 2.29. The molecule has 1 aliphatic rings. The summed E-state index contributed by atoms with van der Waals surface area (Å²) in [5.74, 6) is -0.131. The van der Waals surface area contributed by atoms with Gasteiger partial charge in [-0.15, -0.1) is 0 Å². The maximum Gasteiger partial charge on any atom is 0.232 e. The maximum atomic E-state index is 12.5. The van der Waals surface area contributed by atoms with E-state index in [1.807, 2.05) is 25.1 Å². The molecule has 0 aromatic heterocycles. The van der Waals surface area contributed by atoms with Crippen LogP contribution in [0.5, 0.6) is 0 Å². The molecule has 1 aromatic carbocycles. The van der Waals surface area contributed by atoms with Crippen LogP contribution in [0.25, 0.3) is 0 Å². The van der Waals surface area contributed by atoms with Crippen molar-refractivity contribution in [1.82, 2.24) is 5.32 Å². The predicted molar refractivity (Wildman–Crippen MR) is 79.6 cm³/mol. The Morgan fingerprint density at radius 2 is 1.90 bits per heavy atom. The zero-order valence-corrected chi connectivity index (χ0v) is 12.4. The SMILES string of the molecule is CCc1cccc(CC)c1NC(=O)C1(C)CNC(=O)C1. The van der Waals surface area contributed by atoms with E-state index in [0.29, 0.717) is 6.54 Å². The summed E-state index contributed by atoms with van der Waals surface area (Å²) in [6.07, 6.45) is 2.00. The van der Waals surface area contributed by atoms with Gasteiger partial charge in [0.25, 0.3) is 0 Å². The minimum Gasteiger partial charge on any atom is -0.355 e. The van der Waals surface area contributed by atoms with E-state index in [0.717, 1.165) is 29.7 Å². The Morgan fingerprint density at radius 1 is 1.30 bits per heavy atom. The normalized spacial score (nSPS) is 21.6. The molecule has 4 heteroatoms. The van der Waals surface area contributed by atoms with Crippen LogP contribution in [-0.4, -0.2) is 18.4 Å². The molecule has 2 amide bonds. The Morgan fingerprint density at radius 3 is 2.35 bits per heavy atom. The van der Waals surface area contributed by atoms with E-state index in [9.17, 15) is 9.59 Å². The Bertz CT molecular complexity index is 517. The van der Waals surface area contributed by atoms with Gasteiger partial charge in [-0.05, 0) is 30.9 Å². The topological polar surface area (TPSA) is 58.2 Å². The quantitative estimate of drug-likeness (QED) is 0.885. The van der Waals surface area contributed by atoms with Crippen molar-refractivity contribution >= 4 is 17.5 Å². The zero-order chi connectivity index (χ0) is 14.8. The van der Waals surface area contributed by atoms with Gasteiger partial charge in [0.05, 0.1) is 5.41 Å². The number of anilines is 1. The molecule has 2 N–H and O–H groups in total. The van der Waals surface area contributed by atoms with Crippen molar-refractivity contribution in [3.05, 3.63) is 29.3 Å². The molecule has 1 unspecified atom stereocenters. The fraction of sp³-hybridized carbons (Fsp3) is 0.500. The van der Waals surface area contributed by atoms with E-state index in [-0.39, 0.29) is 18.2 Å². The molecule has 0 radical (unpaired) electrons. The number of nitrogens with one attached hydrogen (secondary N) is 2. The Labute approximate surface area is 119 Å². The number of benzene rings is 1. The highest BCUT2D eigenvalue weighted by Gasteiger charge is 2.41. The summed E-state index contributed by atoms with van der Waals surface area (Å²) in [6, 6.07) is 6.10. The highest BCUT2D eigenvalue weighted by molar-refractivity contribution is 6.00. The van der Waals surface area contributed by atoms with E-state index in [1.54, 1.807) is 0 Å². The third kappa shape index (κ3) is 2.69. The van der Waals surface area contributed by atoms with Crippen LogP contribution in [0.2, 0.25) is 0 Å². The number of para-hydroxylation sites is 1. The van der Waals surface area contributed by atoms with Crippen molar-refractivity contribution in [2.45, 2.75) is 40.0 Å². The van der Waals surface area contributed by atoms with Crippen LogP contribution in [0, 0.1) is 5.41 Å². The lowest BCUT2D eigenvalue weighted by atomic mass is 9.88. The van der Waals surface area contributed by atoms with Gasteiger partial charge in [0.1, 0.15) is 0 Å². The van der Waals surface area contributed by atoms with Crippen molar-refractivity contribution in [2.24, 2.45) is 5.41 Å². The van der Waals surface area contributed by atoms with Gasteiger partial charge in [-0.25, -0.2) is 0 Å². The molecule has 4 nitrogen and oxygen atoms in total. The number of carbonyl (C=O) groups excluding carboxylic acids is 2. The van der Waals surface area contributed by atoms with Crippen LogP contribution in [-0.2, 0) is 22.4 Å². The number of hydrogen-bond acceptors (Lipinski definition) is 2. The number of rotatable bonds is 4. The molecule has 108 valence electrons. The first-order valence-corrected chi connectivity index (χ1v) is 7.19. The molecular formula is C16H22N2O2. The first-order chi connectivity index (χ1) is 9.50. The molecule has 1 fully saturated rings.